The number of nitrogens with zero attached hydrogens (tertiary/aromatic N) is 3. The summed E-state index contributed by atoms with van der Waals surface area (Å²) >= 11 is 2.90. The molecule has 2 amide bonds. The van der Waals surface area contributed by atoms with E-state index in [2.05, 4.69) is 24.8 Å². The van der Waals surface area contributed by atoms with Gasteiger partial charge in [-0.1, -0.05) is 17.8 Å². The van der Waals surface area contributed by atoms with Crippen molar-refractivity contribution in [2.75, 3.05) is 7.11 Å². The van der Waals surface area contributed by atoms with Gasteiger partial charge in [0.05, 0.1) is 17.2 Å². The van der Waals surface area contributed by atoms with E-state index < -0.39 is 17.3 Å². The topological polar surface area (TPSA) is 86.1 Å². The van der Waals surface area contributed by atoms with Crippen LogP contribution in [0.25, 0.3) is 10.7 Å². The lowest BCUT2D eigenvalue weighted by atomic mass is 10.4. The van der Waals surface area contributed by atoms with Gasteiger partial charge in [-0.2, -0.15) is 0 Å². The molecule has 2 heterocycles. The molecule has 0 aliphatic heterocycles. The number of aromatic nitrogens is 3. The van der Waals surface area contributed by atoms with Crippen LogP contribution in [0.3, 0.4) is 0 Å². The molecule has 0 saturated heterocycles. The van der Waals surface area contributed by atoms with Crippen molar-refractivity contribution >= 4 is 35.1 Å². The van der Waals surface area contributed by atoms with E-state index in [1.165, 1.54) is 18.9 Å². The van der Waals surface area contributed by atoms with Gasteiger partial charge in [0.2, 0.25) is 5.91 Å². The number of thioether (sulfide) groups is 1. The number of ether oxygens (including phenoxy) is 1. The first-order valence-electron chi connectivity index (χ1n) is 7.14. The Morgan fingerprint density at radius 2 is 2.26 bits per heavy atom. The van der Waals surface area contributed by atoms with Crippen molar-refractivity contribution in [1.29, 1.82) is 0 Å². The molecule has 7 nitrogen and oxygen atoms in total. The minimum Gasteiger partial charge on any atom is -0.453 e. The molecule has 2 aromatic rings. The zero-order valence-corrected chi connectivity index (χ0v) is 14.3. The minimum atomic E-state index is -0.759. The molecule has 0 spiro atoms. The van der Waals surface area contributed by atoms with Gasteiger partial charge in [0, 0.05) is 6.04 Å². The highest BCUT2D eigenvalue weighted by Gasteiger charge is 2.32. The highest BCUT2D eigenvalue weighted by atomic mass is 32.2. The number of alkyl carbamates (subject to hydrolysis) is 1. The summed E-state index contributed by atoms with van der Waals surface area (Å²) in [7, 11) is 1.22. The number of amides is 2. The number of imide groups is 1. The van der Waals surface area contributed by atoms with Crippen LogP contribution in [0.15, 0.2) is 22.7 Å². The molecule has 1 N–H and O–H groups in total. The van der Waals surface area contributed by atoms with Gasteiger partial charge >= 0.3 is 6.09 Å². The molecule has 1 aliphatic rings. The average molecular weight is 352 g/mol. The van der Waals surface area contributed by atoms with Crippen molar-refractivity contribution in [3.63, 3.8) is 0 Å². The maximum Gasteiger partial charge on any atom is 0.413 e. The highest BCUT2D eigenvalue weighted by molar-refractivity contribution is 8.00. The smallest absolute Gasteiger partial charge is 0.413 e. The quantitative estimate of drug-likeness (QED) is 0.833. The zero-order valence-electron chi connectivity index (χ0n) is 12.7. The van der Waals surface area contributed by atoms with Crippen molar-refractivity contribution in [3.8, 4) is 10.7 Å². The summed E-state index contributed by atoms with van der Waals surface area (Å²) < 4.78 is 6.53. The molecule has 2 aromatic heterocycles. The van der Waals surface area contributed by atoms with Crippen molar-refractivity contribution in [1.82, 2.24) is 20.1 Å². The second-order valence-electron chi connectivity index (χ2n) is 5.13. The van der Waals surface area contributed by atoms with Crippen LogP contribution in [0.2, 0.25) is 0 Å². The summed E-state index contributed by atoms with van der Waals surface area (Å²) in [5.41, 5.74) is 0. The Morgan fingerprint density at radius 3 is 2.87 bits per heavy atom. The van der Waals surface area contributed by atoms with Crippen molar-refractivity contribution in [2.24, 2.45) is 0 Å². The van der Waals surface area contributed by atoms with Crippen LogP contribution in [0, 0.1) is 0 Å². The first kappa shape index (κ1) is 16.0. The summed E-state index contributed by atoms with van der Waals surface area (Å²) in [5, 5.41) is 12.9. The number of carbonyl (C=O) groups excluding carboxylic acids is 2. The Morgan fingerprint density at radius 1 is 1.48 bits per heavy atom. The predicted molar refractivity (Wildman–Crippen MR) is 87.5 cm³/mol. The van der Waals surface area contributed by atoms with E-state index in [9.17, 15) is 9.59 Å². The average Bonchev–Trinajstić information content (AvgIpc) is 3.07. The largest absolute Gasteiger partial charge is 0.453 e. The highest BCUT2D eigenvalue weighted by Crippen LogP contribution is 2.42. The second kappa shape index (κ2) is 6.71. The molecule has 0 bridgehead atoms. The first-order valence-corrected chi connectivity index (χ1v) is 8.90. The Balaban J connectivity index is 1.78. The molecule has 1 fully saturated rings. The van der Waals surface area contributed by atoms with E-state index in [0.29, 0.717) is 11.2 Å². The summed E-state index contributed by atoms with van der Waals surface area (Å²) in [4.78, 5) is 24.1. The lowest BCUT2D eigenvalue weighted by Crippen LogP contribution is -2.36. The van der Waals surface area contributed by atoms with Gasteiger partial charge in [-0.25, -0.2) is 4.79 Å². The number of hydrogen-bond acceptors (Lipinski definition) is 7. The monoisotopic (exact) mass is 352 g/mol. The fourth-order valence-electron chi connectivity index (χ4n) is 2.06. The van der Waals surface area contributed by atoms with E-state index in [1.807, 2.05) is 17.5 Å². The van der Waals surface area contributed by atoms with Gasteiger partial charge in [0.1, 0.15) is 0 Å². The molecule has 0 aromatic carbocycles. The van der Waals surface area contributed by atoms with E-state index in [4.69, 9.17) is 0 Å². The van der Waals surface area contributed by atoms with Crippen LogP contribution in [-0.2, 0) is 9.53 Å². The van der Waals surface area contributed by atoms with Crippen molar-refractivity contribution < 1.29 is 14.3 Å². The van der Waals surface area contributed by atoms with Gasteiger partial charge in [-0.3, -0.25) is 14.7 Å². The second-order valence-corrected chi connectivity index (χ2v) is 7.38. The summed E-state index contributed by atoms with van der Waals surface area (Å²) in [5.74, 6) is 0.426. The fraction of sp³-hybridized carbons (Fsp3) is 0.429. The third kappa shape index (κ3) is 3.56. The lowest BCUT2D eigenvalue weighted by Gasteiger charge is -2.12. The third-order valence-corrected chi connectivity index (χ3v) is 5.30. The van der Waals surface area contributed by atoms with Crippen LogP contribution in [0.4, 0.5) is 4.79 Å². The molecule has 1 saturated carbocycles. The number of carbonyl (C=O) groups is 2. The molecule has 0 unspecified atom stereocenters. The maximum absolute atomic E-state index is 12.0. The van der Waals surface area contributed by atoms with Gasteiger partial charge in [-0.05, 0) is 31.2 Å². The van der Waals surface area contributed by atoms with Crippen LogP contribution in [0.1, 0.15) is 25.8 Å². The van der Waals surface area contributed by atoms with Gasteiger partial charge in [0.25, 0.3) is 0 Å². The van der Waals surface area contributed by atoms with Crippen LogP contribution in [0.5, 0.6) is 0 Å². The Labute approximate surface area is 141 Å². The van der Waals surface area contributed by atoms with E-state index in [1.54, 1.807) is 18.3 Å². The molecular weight excluding hydrogens is 336 g/mol. The zero-order chi connectivity index (χ0) is 16.4. The molecule has 23 heavy (non-hydrogen) atoms. The van der Waals surface area contributed by atoms with Gasteiger partial charge in [0.15, 0.2) is 11.0 Å². The molecule has 0 radical (unpaired) electrons. The molecular formula is C14H16N4O3S2. The fourth-order valence-corrected chi connectivity index (χ4v) is 3.68. The molecule has 3 rings (SSSR count). The standard InChI is InChI=1S/C14H16N4O3S2/c1-8(12(19)15-14(20)21-2)23-13-17-16-11(10-4-3-7-22-10)18(13)9-5-6-9/h3-4,7-9H,5-6H2,1-2H3,(H,15,19,20)/t8-/m0/s1. The SMILES string of the molecule is COC(=O)NC(=O)[C@H](C)Sc1nnc(-c2cccs2)n1C1CC1. The molecule has 1 atom stereocenters. The molecule has 122 valence electrons. The first-order chi connectivity index (χ1) is 11.1. The number of thiophene rings is 1. The molecule has 1 aliphatic carbocycles. The van der Waals surface area contributed by atoms with Gasteiger partial charge in [-0.15, -0.1) is 21.5 Å². The van der Waals surface area contributed by atoms with Crippen LogP contribution in [-0.4, -0.2) is 39.1 Å². The van der Waals surface area contributed by atoms with Gasteiger partial charge < -0.3 is 4.74 Å². The normalized spacial score (nSPS) is 15.2. The lowest BCUT2D eigenvalue weighted by molar-refractivity contribution is -0.119. The molecule has 9 heteroatoms. The van der Waals surface area contributed by atoms with Crippen molar-refractivity contribution in [2.45, 2.75) is 36.2 Å². The van der Waals surface area contributed by atoms with E-state index >= 15 is 0 Å². The van der Waals surface area contributed by atoms with Crippen LogP contribution < -0.4 is 5.32 Å². The summed E-state index contributed by atoms with van der Waals surface area (Å²) in [6.45, 7) is 1.72. The van der Waals surface area contributed by atoms with E-state index in [-0.39, 0.29) is 0 Å². The Kier molecular flexibility index (Phi) is 4.67. The summed E-state index contributed by atoms with van der Waals surface area (Å²) in [6.07, 6.45) is 1.42. The number of rotatable bonds is 5. The minimum absolute atomic E-state index is 0.389. The predicted octanol–water partition coefficient (Wildman–Crippen LogP) is 2.70. The number of hydrogen-bond donors (Lipinski definition) is 1. The summed E-state index contributed by atoms with van der Waals surface area (Å²) in [6, 6.07) is 4.38. The third-order valence-electron chi connectivity index (χ3n) is 3.38. The van der Waals surface area contributed by atoms with E-state index in [0.717, 1.165) is 23.5 Å². The van der Waals surface area contributed by atoms with Crippen molar-refractivity contribution in [3.05, 3.63) is 17.5 Å². The number of nitrogens with one attached hydrogen (secondary N) is 1. The Hall–Kier alpha value is -1.87. The van der Waals surface area contributed by atoms with Crippen LogP contribution >= 0.6 is 23.1 Å². The maximum atomic E-state index is 12.0. The number of methoxy groups -OCH3 is 1. The Bertz CT molecular complexity index is 710.